The number of nitrogens with zero attached hydrogens (tertiary/aromatic N) is 2. The van der Waals surface area contributed by atoms with Gasteiger partial charge >= 0.3 is 5.97 Å². The molecule has 0 aliphatic heterocycles. The normalized spacial score (nSPS) is 13.6. The van der Waals surface area contributed by atoms with Gasteiger partial charge < -0.3 is 53.1 Å². The van der Waals surface area contributed by atoms with Crippen molar-refractivity contribution in [2.75, 3.05) is 20.1 Å². The first-order valence-corrected chi connectivity index (χ1v) is 15.2. The van der Waals surface area contributed by atoms with Crippen LogP contribution in [0.5, 0.6) is 0 Å². The van der Waals surface area contributed by atoms with E-state index in [1.807, 2.05) is 6.07 Å². The fourth-order valence-electron chi connectivity index (χ4n) is 4.62. The number of aromatic nitrogens is 2. The zero-order valence-corrected chi connectivity index (χ0v) is 26.6. The second-order valence-electron chi connectivity index (χ2n) is 10.7. The van der Waals surface area contributed by atoms with E-state index >= 15 is 0 Å². The third-order valence-electron chi connectivity index (χ3n) is 7.08. The van der Waals surface area contributed by atoms with Crippen molar-refractivity contribution in [3.8, 4) is 0 Å². The van der Waals surface area contributed by atoms with E-state index in [-0.39, 0.29) is 25.2 Å². The number of carboxylic acids is 1. The number of carbonyl (C=O) groups is 4. The van der Waals surface area contributed by atoms with Gasteiger partial charge in [-0.05, 0) is 63.5 Å². The molecule has 0 bridgehead atoms. The number of guanidine groups is 1. The van der Waals surface area contributed by atoms with Gasteiger partial charge in [-0.15, -0.1) is 0 Å². The van der Waals surface area contributed by atoms with Crippen molar-refractivity contribution in [2.45, 2.75) is 69.1 Å². The number of imidazole rings is 1. The molecule has 2 rings (SSSR count). The van der Waals surface area contributed by atoms with Crippen molar-refractivity contribution in [2.24, 2.45) is 29.2 Å². The van der Waals surface area contributed by atoms with Gasteiger partial charge in [0.25, 0.3) is 0 Å². The monoisotopic (exact) mass is 646 g/mol. The number of hydrogen-bond acceptors (Lipinski definition) is 8. The van der Waals surface area contributed by atoms with Crippen LogP contribution in [0.2, 0.25) is 0 Å². The number of hydrogen-bond donors (Lipinski definition) is 9. The predicted molar refractivity (Wildman–Crippen MR) is 174 cm³/mol. The summed E-state index contributed by atoms with van der Waals surface area (Å²) in [5.41, 5.74) is 17.7. The first-order valence-electron chi connectivity index (χ1n) is 14.8. The van der Waals surface area contributed by atoms with E-state index in [2.05, 4.69) is 31.2 Å². The van der Waals surface area contributed by atoms with E-state index in [9.17, 15) is 24.3 Å². The molecule has 0 fully saturated rings. The number of nitrogens with one attached hydrogen (secondary N) is 5. The Kier molecular flexibility index (Phi) is 15.7. The minimum absolute atomic E-state index is 0.0442. The molecule has 1 aromatic carbocycles. The number of H-pyrrole nitrogens is 1. The van der Waals surface area contributed by atoms with Crippen LogP contribution >= 0.6 is 12.2 Å². The lowest BCUT2D eigenvalue weighted by molar-refractivity contribution is -0.142. The third kappa shape index (κ3) is 13.1. The molecular formula is C29H46N10O5S. The molecule has 2 aromatic rings. The van der Waals surface area contributed by atoms with Crippen molar-refractivity contribution in [1.29, 1.82) is 0 Å². The fraction of sp³-hybridized carbons (Fsp3) is 0.517. The number of aliphatic imine (C=N–C) groups is 1. The summed E-state index contributed by atoms with van der Waals surface area (Å²) in [5.74, 6) is -2.96. The van der Waals surface area contributed by atoms with E-state index in [1.54, 1.807) is 49.1 Å². The number of likely N-dealkylation sites (N-methyl/N-ethyl adjacent to an activating group) is 1. The van der Waals surface area contributed by atoms with Crippen molar-refractivity contribution in [3.63, 3.8) is 0 Å². The lowest BCUT2D eigenvalue weighted by Crippen LogP contribution is -2.58. The van der Waals surface area contributed by atoms with Gasteiger partial charge in [-0.1, -0.05) is 30.3 Å². The number of nitrogens with two attached hydrogens (primary N) is 3. The van der Waals surface area contributed by atoms with Crippen molar-refractivity contribution in [1.82, 2.24) is 30.8 Å². The Balaban J connectivity index is 2.25. The lowest BCUT2D eigenvalue weighted by Gasteiger charge is -2.26. The Labute approximate surface area is 267 Å². The molecule has 12 N–H and O–H groups in total. The van der Waals surface area contributed by atoms with Crippen LogP contribution in [-0.2, 0) is 39.1 Å². The summed E-state index contributed by atoms with van der Waals surface area (Å²) in [4.78, 5) is 59.4. The predicted octanol–water partition coefficient (Wildman–Crippen LogP) is -0.823. The number of rotatable bonds is 20. The zero-order chi connectivity index (χ0) is 33.4. The van der Waals surface area contributed by atoms with Gasteiger partial charge in [0.2, 0.25) is 17.7 Å². The quantitative estimate of drug-likeness (QED) is 0.0374. The molecule has 0 saturated carbocycles. The zero-order valence-electron chi connectivity index (χ0n) is 25.8. The molecule has 0 saturated heterocycles. The highest BCUT2D eigenvalue weighted by Crippen LogP contribution is 2.09. The molecule has 1 aromatic heterocycles. The number of aryl methyl sites for hydroxylation is 1. The van der Waals surface area contributed by atoms with E-state index in [4.69, 9.17) is 29.4 Å². The van der Waals surface area contributed by atoms with Crippen molar-refractivity contribution >= 4 is 41.9 Å². The molecule has 4 unspecified atom stereocenters. The molecule has 45 heavy (non-hydrogen) atoms. The molecule has 1 heterocycles. The highest BCUT2D eigenvalue weighted by atomic mass is 32.1. The summed E-state index contributed by atoms with van der Waals surface area (Å²) in [6.45, 7) is 0.716. The van der Waals surface area contributed by atoms with Crippen LogP contribution < -0.4 is 38.5 Å². The average molecular weight is 647 g/mol. The second-order valence-corrected chi connectivity index (χ2v) is 11.1. The fourth-order valence-corrected chi connectivity index (χ4v) is 4.81. The topological polar surface area (TPSA) is 248 Å². The van der Waals surface area contributed by atoms with Crippen molar-refractivity contribution in [3.05, 3.63) is 52.6 Å². The summed E-state index contributed by atoms with van der Waals surface area (Å²) in [6.07, 6.45) is 4.04. The Morgan fingerprint density at radius 2 is 1.51 bits per heavy atom. The molecule has 0 aliphatic carbocycles. The van der Waals surface area contributed by atoms with Crippen LogP contribution in [0.15, 0.2) is 41.5 Å². The molecular weight excluding hydrogens is 600 g/mol. The summed E-state index contributed by atoms with van der Waals surface area (Å²) in [5, 5.41) is 20.9. The maximum atomic E-state index is 13.7. The van der Waals surface area contributed by atoms with Gasteiger partial charge in [-0.3, -0.25) is 19.4 Å². The van der Waals surface area contributed by atoms with Crippen LogP contribution in [0.1, 0.15) is 43.4 Å². The molecule has 0 spiro atoms. The minimum atomic E-state index is -1.22. The van der Waals surface area contributed by atoms with Crippen LogP contribution in [0.4, 0.5) is 0 Å². The number of unbranched alkanes of at least 4 members (excludes halogenated alkanes) is 1. The number of aliphatic carboxylic acids is 1. The van der Waals surface area contributed by atoms with Gasteiger partial charge in [-0.25, -0.2) is 4.79 Å². The number of benzene rings is 1. The highest BCUT2D eigenvalue weighted by Gasteiger charge is 2.31. The maximum absolute atomic E-state index is 13.7. The number of carbonyl (C=O) groups excluding carboxylic acids is 3. The molecule has 16 heteroatoms. The molecule has 248 valence electrons. The van der Waals surface area contributed by atoms with E-state index in [0.29, 0.717) is 49.2 Å². The van der Waals surface area contributed by atoms with Crippen LogP contribution in [0.3, 0.4) is 0 Å². The summed E-state index contributed by atoms with van der Waals surface area (Å²) < 4.78 is 2.10. The molecule has 0 radical (unpaired) electrons. The highest BCUT2D eigenvalue weighted by molar-refractivity contribution is 7.71. The smallest absolute Gasteiger partial charge is 0.326 e. The molecule has 4 atom stereocenters. The van der Waals surface area contributed by atoms with E-state index in [1.165, 1.54) is 0 Å². The van der Waals surface area contributed by atoms with Crippen LogP contribution in [-0.4, -0.2) is 88.6 Å². The lowest BCUT2D eigenvalue weighted by atomic mass is 10.0. The van der Waals surface area contributed by atoms with Gasteiger partial charge in [0, 0.05) is 38.3 Å². The number of aromatic amines is 1. The molecule has 0 aliphatic rings. The summed E-state index contributed by atoms with van der Waals surface area (Å²) in [7, 11) is 3.37. The Morgan fingerprint density at radius 3 is 2.09 bits per heavy atom. The SMILES string of the molecule is CNC(CCCN=C(N)N)C(=O)NC(Cc1cn(C)c(=S)[nH]1)C(=O)NC(CCCCN)C(=O)NC(Cc1ccccc1)C(=O)O. The Bertz CT molecular complexity index is 1340. The van der Waals surface area contributed by atoms with Gasteiger partial charge in [0.05, 0.1) is 6.04 Å². The first-order chi connectivity index (χ1) is 21.4. The standard InChI is InChI=1S/C29H46N10O5S/c1-33-20(12-8-14-34-28(31)32)24(40)37-22(16-19-17-39(2)29(45)35-19)26(42)36-21(11-6-7-13-30)25(41)38-23(27(43)44)15-18-9-4-3-5-10-18/h3-5,9-10,17,20-23,33H,6-8,11-16,30H2,1-2H3,(H,35,45)(H,36,42)(H,37,40)(H,38,41)(H,43,44)(H4,31,32,34). The first kappa shape index (κ1) is 36.9. The summed E-state index contributed by atoms with van der Waals surface area (Å²) in [6, 6.07) is 4.87. The second kappa shape index (κ2) is 19.2. The van der Waals surface area contributed by atoms with E-state index in [0.717, 1.165) is 5.56 Å². The maximum Gasteiger partial charge on any atom is 0.326 e. The van der Waals surface area contributed by atoms with Gasteiger partial charge in [-0.2, -0.15) is 0 Å². The third-order valence-corrected chi connectivity index (χ3v) is 7.47. The Morgan fingerprint density at radius 1 is 0.911 bits per heavy atom. The number of amides is 3. The molecule has 15 nitrogen and oxygen atoms in total. The Hall–Kier alpha value is -4.28. The summed E-state index contributed by atoms with van der Waals surface area (Å²) >= 11 is 5.26. The van der Waals surface area contributed by atoms with Crippen molar-refractivity contribution < 1.29 is 24.3 Å². The molecule has 3 amide bonds. The van der Waals surface area contributed by atoms with Gasteiger partial charge in [0.15, 0.2) is 10.7 Å². The van der Waals surface area contributed by atoms with Crippen LogP contribution in [0.25, 0.3) is 0 Å². The minimum Gasteiger partial charge on any atom is -0.480 e. The number of carboxylic acid groups (broad SMARTS) is 1. The van der Waals surface area contributed by atoms with E-state index < -0.39 is 47.9 Å². The van der Waals surface area contributed by atoms with Crippen LogP contribution in [0, 0.1) is 4.77 Å². The largest absolute Gasteiger partial charge is 0.480 e. The average Bonchev–Trinajstić information content (AvgIpc) is 3.31. The van der Waals surface area contributed by atoms with Gasteiger partial charge in [0.1, 0.15) is 18.1 Å².